The molecule has 29 heavy (non-hydrogen) atoms. The Morgan fingerprint density at radius 2 is 1.48 bits per heavy atom. The van der Waals surface area contributed by atoms with Gasteiger partial charge in [0.25, 0.3) is 0 Å². The van der Waals surface area contributed by atoms with Crippen molar-refractivity contribution >= 4 is 29.2 Å². The lowest BCUT2D eigenvalue weighted by Gasteiger charge is -2.14. The van der Waals surface area contributed by atoms with Gasteiger partial charge in [-0.25, -0.2) is 4.79 Å². The Morgan fingerprint density at radius 3 is 2.07 bits per heavy atom. The van der Waals surface area contributed by atoms with E-state index in [4.69, 9.17) is 4.74 Å². The largest absolute Gasteiger partial charge is 0.465 e. The Kier molecular flexibility index (Phi) is 6.32. The Bertz CT molecular complexity index is 916. The summed E-state index contributed by atoms with van der Waals surface area (Å²) in [5, 5.41) is 5.80. The molecule has 6 heteroatoms. The summed E-state index contributed by atoms with van der Waals surface area (Å²) in [5.74, 6) is -1.69. The van der Waals surface area contributed by atoms with Crippen molar-refractivity contribution in [2.24, 2.45) is 11.8 Å². The van der Waals surface area contributed by atoms with Crippen LogP contribution in [0.3, 0.4) is 0 Å². The molecule has 0 spiro atoms. The highest BCUT2D eigenvalue weighted by atomic mass is 16.5. The van der Waals surface area contributed by atoms with Gasteiger partial charge >= 0.3 is 5.97 Å². The normalized spacial score (nSPS) is 17.3. The van der Waals surface area contributed by atoms with Crippen molar-refractivity contribution in [3.05, 3.63) is 59.2 Å². The lowest BCUT2D eigenvalue weighted by molar-refractivity contribution is -0.122. The standard InChI is InChI=1S/C23H26N2O4/c1-4-14-9-8-10-15(5-2)20(14)25-22(27)18-13-17(18)21(26)24-19-12-7-6-11-16(19)23(28)29-3/h6-12,17-18H,4-5,13H2,1-3H3,(H,24,26)(H,25,27). The summed E-state index contributed by atoms with van der Waals surface area (Å²) in [6.45, 7) is 4.10. The van der Waals surface area contributed by atoms with E-state index in [9.17, 15) is 14.4 Å². The number of anilines is 2. The van der Waals surface area contributed by atoms with Gasteiger partial charge in [0.2, 0.25) is 11.8 Å². The first-order valence-electron chi connectivity index (χ1n) is 9.89. The third-order valence-corrected chi connectivity index (χ3v) is 5.30. The summed E-state index contributed by atoms with van der Waals surface area (Å²) in [6.07, 6.45) is 2.14. The molecule has 3 rings (SSSR count). The summed E-state index contributed by atoms with van der Waals surface area (Å²) in [5.41, 5.74) is 3.72. The van der Waals surface area contributed by atoms with E-state index >= 15 is 0 Å². The molecule has 2 N–H and O–H groups in total. The van der Waals surface area contributed by atoms with Crippen LogP contribution >= 0.6 is 0 Å². The summed E-state index contributed by atoms with van der Waals surface area (Å²) in [7, 11) is 1.29. The van der Waals surface area contributed by atoms with Gasteiger partial charge in [-0.3, -0.25) is 9.59 Å². The van der Waals surface area contributed by atoms with E-state index < -0.39 is 11.9 Å². The Morgan fingerprint density at radius 1 is 0.897 bits per heavy atom. The van der Waals surface area contributed by atoms with Crippen molar-refractivity contribution in [1.29, 1.82) is 0 Å². The second kappa shape index (κ2) is 8.90. The summed E-state index contributed by atoms with van der Waals surface area (Å²) in [4.78, 5) is 37.2. The second-order valence-corrected chi connectivity index (χ2v) is 7.12. The number of methoxy groups -OCH3 is 1. The van der Waals surface area contributed by atoms with E-state index in [-0.39, 0.29) is 23.3 Å². The number of carbonyl (C=O) groups is 3. The zero-order chi connectivity index (χ0) is 21.0. The van der Waals surface area contributed by atoms with Gasteiger partial charge in [0.1, 0.15) is 0 Å². The number of amides is 2. The van der Waals surface area contributed by atoms with Crippen LogP contribution in [0.5, 0.6) is 0 Å². The highest BCUT2D eigenvalue weighted by Gasteiger charge is 2.48. The van der Waals surface area contributed by atoms with Crippen molar-refractivity contribution in [3.63, 3.8) is 0 Å². The molecule has 0 heterocycles. The van der Waals surface area contributed by atoms with Gasteiger partial charge in [0, 0.05) is 5.69 Å². The number of hydrogen-bond donors (Lipinski definition) is 2. The molecular formula is C23H26N2O4. The Balaban J connectivity index is 1.67. The maximum Gasteiger partial charge on any atom is 0.339 e. The Hall–Kier alpha value is -3.15. The third-order valence-electron chi connectivity index (χ3n) is 5.30. The first-order chi connectivity index (χ1) is 14.0. The molecule has 1 fully saturated rings. The highest BCUT2D eigenvalue weighted by Crippen LogP contribution is 2.41. The number of carbonyl (C=O) groups excluding carboxylic acids is 3. The molecule has 0 aliphatic heterocycles. The van der Waals surface area contributed by atoms with E-state index in [0.717, 1.165) is 29.7 Å². The van der Waals surface area contributed by atoms with Crippen molar-refractivity contribution in [1.82, 2.24) is 0 Å². The SMILES string of the molecule is CCc1cccc(CC)c1NC(=O)C1CC1C(=O)Nc1ccccc1C(=O)OC. The first kappa shape index (κ1) is 20.6. The molecule has 0 saturated heterocycles. The number of aryl methyl sites for hydroxylation is 2. The van der Waals surface area contributed by atoms with Crippen LogP contribution in [0, 0.1) is 11.8 Å². The molecular weight excluding hydrogens is 368 g/mol. The topological polar surface area (TPSA) is 84.5 Å². The number of ether oxygens (including phenoxy) is 1. The van der Waals surface area contributed by atoms with E-state index in [1.165, 1.54) is 7.11 Å². The molecule has 6 nitrogen and oxygen atoms in total. The minimum atomic E-state index is -0.519. The minimum Gasteiger partial charge on any atom is -0.465 e. The van der Waals surface area contributed by atoms with E-state index in [0.29, 0.717) is 12.1 Å². The van der Waals surface area contributed by atoms with Gasteiger partial charge in [0.05, 0.1) is 30.2 Å². The van der Waals surface area contributed by atoms with Crippen LogP contribution in [0.4, 0.5) is 11.4 Å². The molecule has 152 valence electrons. The van der Waals surface area contributed by atoms with Crippen LogP contribution in [-0.4, -0.2) is 24.9 Å². The molecule has 2 unspecified atom stereocenters. The zero-order valence-electron chi connectivity index (χ0n) is 17.0. The van der Waals surface area contributed by atoms with Crippen molar-refractivity contribution < 1.29 is 19.1 Å². The average molecular weight is 394 g/mol. The number of rotatable bonds is 7. The molecule has 1 aliphatic rings. The summed E-state index contributed by atoms with van der Waals surface area (Å²) in [6, 6.07) is 12.7. The monoisotopic (exact) mass is 394 g/mol. The smallest absolute Gasteiger partial charge is 0.339 e. The first-order valence-corrected chi connectivity index (χ1v) is 9.89. The van der Waals surface area contributed by atoms with Crippen LogP contribution in [0.25, 0.3) is 0 Å². The van der Waals surface area contributed by atoms with E-state index in [1.807, 2.05) is 18.2 Å². The number of nitrogens with one attached hydrogen (secondary N) is 2. The molecule has 0 radical (unpaired) electrons. The molecule has 2 aromatic carbocycles. The Labute approximate surface area is 170 Å². The van der Waals surface area contributed by atoms with Crippen molar-refractivity contribution in [3.8, 4) is 0 Å². The molecule has 1 aliphatic carbocycles. The van der Waals surface area contributed by atoms with Gasteiger partial charge in [0.15, 0.2) is 0 Å². The van der Waals surface area contributed by atoms with Crippen LogP contribution in [0.1, 0.15) is 41.8 Å². The van der Waals surface area contributed by atoms with Gasteiger partial charge in [-0.15, -0.1) is 0 Å². The van der Waals surface area contributed by atoms with Crippen LogP contribution in [0.15, 0.2) is 42.5 Å². The van der Waals surface area contributed by atoms with Gasteiger partial charge in [-0.1, -0.05) is 44.2 Å². The van der Waals surface area contributed by atoms with E-state index in [1.54, 1.807) is 24.3 Å². The summed E-state index contributed by atoms with van der Waals surface area (Å²) < 4.78 is 4.75. The zero-order valence-corrected chi connectivity index (χ0v) is 17.0. The predicted octanol–water partition coefficient (Wildman–Crippen LogP) is 3.81. The molecule has 2 aromatic rings. The summed E-state index contributed by atoms with van der Waals surface area (Å²) >= 11 is 0. The third kappa shape index (κ3) is 4.47. The van der Waals surface area contributed by atoms with E-state index in [2.05, 4.69) is 24.5 Å². The lowest BCUT2D eigenvalue weighted by atomic mass is 10.0. The van der Waals surface area contributed by atoms with Crippen LogP contribution < -0.4 is 10.6 Å². The van der Waals surface area contributed by atoms with Crippen molar-refractivity contribution in [2.45, 2.75) is 33.1 Å². The van der Waals surface area contributed by atoms with Gasteiger partial charge in [-0.2, -0.15) is 0 Å². The highest BCUT2D eigenvalue weighted by molar-refractivity contribution is 6.06. The quantitative estimate of drug-likeness (QED) is 0.700. The van der Waals surface area contributed by atoms with Gasteiger partial charge < -0.3 is 15.4 Å². The average Bonchev–Trinajstić information content (AvgIpc) is 3.55. The van der Waals surface area contributed by atoms with Crippen LogP contribution in [-0.2, 0) is 27.2 Å². The maximum atomic E-state index is 12.7. The van der Waals surface area contributed by atoms with Crippen molar-refractivity contribution in [2.75, 3.05) is 17.7 Å². The molecule has 2 atom stereocenters. The molecule has 0 aromatic heterocycles. The number of esters is 1. The maximum absolute atomic E-state index is 12.7. The number of hydrogen-bond acceptors (Lipinski definition) is 4. The van der Waals surface area contributed by atoms with Crippen LogP contribution in [0.2, 0.25) is 0 Å². The fraction of sp³-hybridized carbons (Fsp3) is 0.348. The molecule has 1 saturated carbocycles. The van der Waals surface area contributed by atoms with Gasteiger partial charge in [-0.05, 0) is 42.5 Å². The molecule has 2 amide bonds. The second-order valence-electron chi connectivity index (χ2n) is 7.12. The minimum absolute atomic E-state index is 0.137. The fourth-order valence-electron chi connectivity index (χ4n) is 3.50. The lowest BCUT2D eigenvalue weighted by Crippen LogP contribution is -2.22. The predicted molar refractivity (Wildman–Crippen MR) is 112 cm³/mol. The fourth-order valence-corrected chi connectivity index (χ4v) is 3.50. The number of benzene rings is 2. The molecule has 0 bridgehead atoms. The number of para-hydroxylation sites is 2.